The molecule has 1 aromatic carbocycles. The molecule has 0 radical (unpaired) electrons. The van der Waals surface area contributed by atoms with Crippen molar-refractivity contribution in [2.75, 3.05) is 13.1 Å². The van der Waals surface area contributed by atoms with Crippen molar-refractivity contribution in [3.63, 3.8) is 0 Å². The van der Waals surface area contributed by atoms with E-state index in [1.165, 1.54) is 28.6 Å². The molecule has 0 bridgehead atoms. The molecule has 0 saturated carbocycles. The first-order valence-corrected chi connectivity index (χ1v) is 6.10. The van der Waals surface area contributed by atoms with E-state index in [1.54, 1.807) is 0 Å². The Kier molecular flexibility index (Phi) is 3.62. The second-order valence-electron chi connectivity index (χ2n) is 4.23. The Balaban J connectivity index is 2.13. The standard InChI is InChI=1S/C14H20N2/c1-3-15-10-6-8-12-11(2)16-14-9-5-4-7-13(12)14/h4-5,7,9,15-16H,3,6,8,10H2,1-2H3. The lowest BCUT2D eigenvalue weighted by atomic mass is 10.1. The predicted octanol–water partition coefficient (Wildman–Crippen LogP) is 3.02. The fourth-order valence-corrected chi connectivity index (χ4v) is 2.22. The topological polar surface area (TPSA) is 27.8 Å². The Hall–Kier alpha value is -1.28. The van der Waals surface area contributed by atoms with Crippen LogP contribution in [0.3, 0.4) is 0 Å². The molecule has 2 aromatic rings. The van der Waals surface area contributed by atoms with Gasteiger partial charge in [-0.05, 0) is 44.5 Å². The minimum absolute atomic E-state index is 1.06. The van der Waals surface area contributed by atoms with Crippen molar-refractivity contribution in [1.29, 1.82) is 0 Å². The molecular weight excluding hydrogens is 196 g/mol. The van der Waals surface area contributed by atoms with E-state index in [9.17, 15) is 0 Å². The zero-order chi connectivity index (χ0) is 11.4. The van der Waals surface area contributed by atoms with Crippen LogP contribution in [0.2, 0.25) is 0 Å². The van der Waals surface area contributed by atoms with Gasteiger partial charge in [-0.3, -0.25) is 0 Å². The molecule has 0 spiro atoms. The van der Waals surface area contributed by atoms with E-state index < -0.39 is 0 Å². The number of benzene rings is 1. The highest BCUT2D eigenvalue weighted by Crippen LogP contribution is 2.22. The lowest BCUT2D eigenvalue weighted by Gasteiger charge is -2.02. The maximum atomic E-state index is 3.45. The lowest BCUT2D eigenvalue weighted by Crippen LogP contribution is -2.14. The van der Waals surface area contributed by atoms with Gasteiger partial charge in [0.1, 0.15) is 0 Å². The summed E-state index contributed by atoms with van der Waals surface area (Å²) < 4.78 is 0. The average Bonchev–Trinajstić information content (AvgIpc) is 2.61. The van der Waals surface area contributed by atoms with Gasteiger partial charge in [0.25, 0.3) is 0 Å². The number of hydrogen-bond donors (Lipinski definition) is 2. The Morgan fingerprint density at radius 3 is 2.88 bits per heavy atom. The molecule has 0 saturated heterocycles. The summed E-state index contributed by atoms with van der Waals surface area (Å²) in [6, 6.07) is 8.56. The van der Waals surface area contributed by atoms with Gasteiger partial charge in [0.2, 0.25) is 0 Å². The Morgan fingerprint density at radius 1 is 1.25 bits per heavy atom. The molecule has 0 fully saturated rings. The monoisotopic (exact) mass is 216 g/mol. The molecule has 0 atom stereocenters. The van der Waals surface area contributed by atoms with Crippen LogP contribution in [0.5, 0.6) is 0 Å². The third-order valence-corrected chi connectivity index (χ3v) is 3.06. The number of rotatable bonds is 5. The molecule has 0 aliphatic rings. The van der Waals surface area contributed by atoms with E-state index in [4.69, 9.17) is 0 Å². The molecular formula is C14H20N2. The molecule has 2 N–H and O–H groups in total. The summed E-state index contributed by atoms with van der Waals surface area (Å²) >= 11 is 0. The number of para-hydroxylation sites is 1. The van der Waals surface area contributed by atoms with Crippen LogP contribution in [0.1, 0.15) is 24.6 Å². The van der Waals surface area contributed by atoms with E-state index in [-0.39, 0.29) is 0 Å². The highest BCUT2D eigenvalue weighted by Gasteiger charge is 2.06. The van der Waals surface area contributed by atoms with Crippen LogP contribution >= 0.6 is 0 Å². The van der Waals surface area contributed by atoms with Crippen LogP contribution in [-0.4, -0.2) is 18.1 Å². The fraction of sp³-hybridized carbons (Fsp3) is 0.429. The zero-order valence-electron chi connectivity index (χ0n) is 10.1. The van der Waals surface area contributed by atoms with Crippen LogP contribution in [0.15, 0.2) is 24.3 Å². The minimum atomic E-state index is 1.06. The lowest BCUT2D eigenvalue weighted by molar-refractivity contribution is 0.673. The zero-order valence-corrected chi connectivity index (χ0v) is 10.1. The summed E-state index contributed by atoms with van der Waals surface area (Å²) in [5.41, 5.74) is 4.06. The molecule has 0 aliphatic heterocycles. The van der Waals surface area contributed by atoms with Gasteiger partial charge < -0.3 is 10.3 Å². The molecule has 0 aliphatic carbocycles. The van der Waals surface area contributed by atoms with Crippen molar-refractivity contribution >= 4 is 10.9 Å². The number of hydrogen-bond acceptors (Lipinski definition) is 1. The van der Waals surface area contributed by atoms with Gasteiger partial charge in [-0.15, -0.1) is 0 Å². The van der Waals surface area contributed by atoms with Gasteiger partial charge in [-0.1, -0.05) is 25.1 Å². The molecule has 1 heterocycles. The first-order valence-electron chi connectivity index (χ1n) is 6.10. The number of aryl methyl sites for hydroxylation is 2. The van der Waals surface area contributed by atoms with Gasteiger partial charge in [0.15, 0.2) is 0 Å². The van der Waals surface area contributed by atoms with E-state index in [0.29, 0.717) is 0 Å². The van der Waals surface area contributed by atoms with Crippen molar-refractivity contribution in [2.24, 2.45) is 0 Å². The molecule has 16 heavy (non-hydrogen) atoms. The first-order chi connectivity index (χ1) is 7.83. The summed E-state index contributed by atoms with van der Waals surface area (Å²) in [7, 11) is 0. The molecule has 0 amide bonds. The van der Waals surface area contributed by atoms with Gasteiger partial charge >= 0.3 is 0 Å². The van der Waals surface area contributed by atoms with E-state index in [2.05, 4.69) is 48.4 Å². The summed E-state index contributed by atoms with van der Waals surface area (Å²) in [6.45, 7) is 6.49. The normalized spacial score (nSPS) is 11.1. The number of fused-ring (bicyclic) bond motifs is 1. The highest BCUT2D eigenvalue weighted by molar-refractivity contribution is 5.84. The van der Waals surface area contributed by atoms with Crippen molar-refractivity contribution in [2.45, 2.75) is 26.7 Å². The average molecular weight is 216 g/mol. The van der Waals surface area contributed by atoms with Crippen LogP contribution in [0.25, 0.3) is 10.9 Å². The summed E-state index contributed by atoms with van der Waals surface area (Å²) in [6.07, 6.45) is 2.36. The molecule has 2 nitrogen and oxygen atoms in total. The van der Waals surface area contributed by atoms with Crippen LogP contribution < -0.4 is 5.32 Å². The number of aromatic nitrogens is 1. The summed E-state index contributed by atoms with van der Waals surface area (Å²) in [5.74, 6) is 0. The van der Waals surface area contributed by atoms with E-state index >= 15 is 0 Å². The number of aromatic amines is 1. The Labute approximate surface area is 97.1 Å². The van der Waals surface area contributed by atoms with Crippen molar-refractivity contribution < 1.29 is 0 Å². The van der Waals surface area contributed by atoms with Crippen molar-refractivity contribution in [3.8, 4) is 0 Å². The predicted molar refractivity (Wildman–Crippen MR) is 69.9 cm³/mol. The summed E-state index contributed by atoms with van der Waals surface area (Å²) in [5, 5.41) is 4.75. The van der Waals surface area contributed by atoms with Gasteiger partial charge in [-0.2, -0.15) is 0 Å². The van der Waals surface area contributed by atoms with Gasteiger partial charge in [0.05, 0.1) is 0 Å². The number of H-pyrrole nitrogens is 1. The van der Waals surface area contributed by atoms with Crippen LogP contribution in [0, 0.1) is 6.92 Å². The van der Waals surface area contributed by atoms with Gasteiger partial charge in [-0.25, -0.2) is 0 Å². The van der Waals surface area contributed by atoms with Gasteiger partial charge in [0, 0.05) is 16.6 Å². The smallest absolute Gasteiger partial charge is 0.0458 e. The Bertz CT molecular complexity index is 457. The maximum absolute atomic E-state index is 3.45. The summed E-state index contributed by atoms with van der Waals surface area (Å²) in [4.78, 5) is 3.45. The third-order valence-electron chi connectivity index (χ3n) is 3.06. The van der Waals surface area contributed by atoms with E-state index in [0.717, 1.165) is 19.5 Å². The second kappa shape index (κ2) is 5.17. The largest absolute Gasteiger partial charge is 0.358 e. The van der Waals surface area contributed by atoms with E-state index in [1.807, 2.05) is 0 Å². The maximum Gasteiger partial charge on any atom is 0.0458 e. The third kappa shape index (κ3) is 2.27. The second-order valence-corrected chi connectivity index (χ2v) is 4.23. The SMILES string of the molecule is CCNCCCc1c(C)[nH]c2ccccc12. The molecule has 0 unspecified atom stereocenters. The van der Waals surface area contributed by atoms with Crippen LogP contribution in [-0.2, 0) is 6.42 Å². The molecule has 2 rings (SSSR count). The van der Waals surface area contributed by atoms with Crippen molar-refractivity contribution in [1.82, 2.24) is 10.3 Å². The van der Waals surface area contributed by atoms with Crippen LogP contribution in [0.4, 0.5) is 0 Å². The first kappa shape index (κ1) is 11.2. The quantitative estimate of drug-likeness (QED) is 0.739. The minimum Gasteiger partial charge on any atom is -0.358 e. The fourth-order valence-electron chi connectivity index (χ4n) is 2.22. The van der Waals surface area contributed by atoms with Crippen molar-refractivity contribution in [3.05, 3.63) is 35.5 Å². The number of nitrogens with one attached hydrogen (secondary N) is 2. The Morgan fingerprint density at radius 2 is 2.06 bits per heavy atom. The molecule has 1 aromatic heterocycles. The highest BCUT2D eigenvalue weighted by atomic mass is 14.8. The molecule has 86 valence electrons. The molecule has 2 heteroatoms.